The Hall–Kier alpha value is -2.79. The Morgan fingerprint density at radius 1 is 1.19 bits per heavy atom. The Morgan fingerprint density at radius 2 is 2.00 bits per heavy atom. The largest absolute Gasteiger partial charge is 0.393 e. The second-order valence-electron chi connectivity index (χ2n) is 10.8. The number of thiophene rings is 1. The van der Waals surface area contributed by atoms with Gasteiger partial charge in [0.2, 0.25) is 5.91 Å². The van der Waals surface area contributed by atoms with Crippen LogP contribution in [0.15, 0.2) is 24.4 Å². The summed E-state index contributed by atoms with van der Waals surface area (Å²) >= 11 is 1.11. The van der Waals surface area contributed by atoms with E-state index in [1.807, 2.05) is 18.3 Å². The minimum Gasteiger partial charge on any atom is -0.355 e. The Balaban J connectivity index is 1.11. The summed E-state index contributed by atoms with van der Waals surface area (Å²) in [5.74, 6) is 2.15. The molecule has 1 aliphatic carbocycles. The standard InChI is InChI=1S/C26H29F3N6OS/c1-16-31-22(20-10-19(11-26(27,28)29)37-24(20)32-16)35-9-7-25(15-35)6-8-34(14-25)13-17-2-5-21(30-12-17)33-23(36)18-3-4-18/h2,5,10,12,18H,3-4,6-9,11,13-15H2,1H3,(H,30,33,36). The minimum atomic E-state index is -4.24. The maximum atomic E-state index is 13.0. The second kappa shape index (κ2) is 9.20. The summed E-state index contributed by atoms with van der Waals surface area (Å²) in [4.78, 5) is 31.0. The van der Waals surface area contributed by atoms with Crippen molar-refractivity contribution in [3.05, 3.63) is 40.7 Å². The number of rotatable bonds is 6. The number of hydrogen-bond acceptors (Lipinski definition) is 7. The second-order valence-corrected chi connectivity index (χ2v) is 11.9. The normalized spacial score (nSPS) is 22.4. The van der Waals surface area contributed by atoms with E-state index in [1.54, 1.807) is 13.0 Å². The molecule has 1 saturated carbocycles. The zero-order chi connectivity index (χ0) is 25.8. The maximum Gasteiger partial charge on any atom is 0.393 e. The highest BCUT2D eigenvalue weighted by Gasteiger charge is 2.44. The fourth-order valence-corrected chi connectivity index (χ4v) is 6.72. The Morgan fingerprint density at radius 3 is 2.73 bits per heavy atom. The summed E-state index contributed by atoms with van der Waals surface area (Å²) in [6.45, 7) is 6.21. The number of alkyl halides is 3. The molecular weight excluding hydrogens is 501 g/mol. The molecule has 7 nitrogen and oxygen atoms in total. The molecule has 0 aromatic carbocycles. The molecule has 3 fully saturated rings. The summed E-state index contributed by atoms with van der Waals surface area (Å²) in [5.41, 5.74) is 1.25. The van der Waals surface area contributed by atoms with Gasteiger partial charge in [0.15, 0.2) is 0 Å². The van der Waals surface area contributed by atoms with Crippen molar-refractivity contribution >= 4 is 39.1 Å². The van der Waals surface area contributed by atoms with Crippen molar-refractivity contribution in [3.63, 3.8) is 0 Å². The first-order chi connectivity index (χ1) is 17.6. The molecular formula is C26H29F3N6OS. The molecule has 0 bridgehead atoms. The lowest BCUT2D eigenvalue weighted by molar-refractivity contribution is -0.126. The van der Waals surface area contributed by atoms with E-state index in [9.17, 15) is 18.0 Å². The number of carbonyl (C=O) groups excluding carboxylic acids is 1. The minimum absolute atomic E-state index is 0.0581. The van der Waals surface area contributed by atoms with E-state index in [0.717, 1.165) is 86.5 Å². The van der Waals surface area contributed by atoms with E-state index < -0.39 is 12.6 Å². The lowest BCUT2D eigenvalue weighted by Crippen LogP contribution is -2.31. The number of nitrogens with one attached hydrogen (secondary N) is 1. The van der Waals surface area contributed by atoms with Gasteiger partial charge in [0.25, 0.3) is 0 Å². The predicted molar refractivity (Wildman–Crippen MR) is 137 cm³/mol. The molecule has 11 heteroatoms. The highest BCUT2D eigenvalue weighted by Crippen LogP contribution is 2.43. The van der Waals surface area contributed by atoms with Gasteiger partial charge in [-0.25, -0.2) is 15.0 Å². The molecule has 37 heavy (non-hydrogen) atoms. The SMILES string of the molecule is Cc1nc(N2CCC3(CCN(Cc4ccc(NC(=O)C5CC5)nc4)C3)C2)c2cc(CC(F)(F)F)sc2n1. The van der Waals surface area contributed by atoms with Gasteiger partial charge >= 0.3 is 6.18 Å². The molecule has 3 aromatic heterocycles. The van der Waals surface area contributed by atoms with E-state index in [0.29, 0.717) is 16.5 Å². The first-order valence-corrected chi connectivity index (χ1v) is 13.5. The quantitative estimate of drug-likeness (QED) is 0.486. The number of halogens is 3. The number of hydrogen-bond donors (Lipinski definition) is 1. The van der Waals surface area contributed by atoms with E-state index in [4.69, 9.17) is 0 Å². The van der Waals surface area contributed by atoms with Crippen molar-refractivity contribution in [2.75, 3.05) is 36.4 Å². The van der Waals surface area contributed by atoms with E-state index in [2.05, 4.69) is 30.1 Å². The van der Waals surface area contributed by atoms with Crippen LogP contribution in [0, 0.1) is 18.3 Å². The Bertz CT molecular complexity index is 1320. The molecule has 1 atom stereocenters. The monoisotopic (exact) mass is 530 g/mol. The number of carbonyl (C=O) groups is 1. The summed E-state index contributed by atoms with van der Waals surface area (Å²) in [6, 6.07) is 5.52. The van der Waals surface area contributed by atoms with Gasteiger partial charge in [0.05, 0.1) is 11.8 Å². The summed E-state index contributed by atoms with van der Waals surface area (Å²) in [5, 5.41) is 3.60. The molecule has 3 aliphatic rings. The van der Waals surface area contributed by atoms with Crippen LogP contribution in [0.2, 0.25) is 0 Å². The summed E-state index contributed by atoms with van der Waals surface area (Å²) in [6.07, 6.45) is 0.686. The molecule has 1 spiro atoms. The van der Waals surface area contributed by atoms with Crippen LogP contribution in [0.4, 0.5) is 24.8 Å². The number of aryl methyl sites for hydroxylation is 1. The summed E-state index contributed by atoms with van der Waals surface area (Å²) in [7, 11) is 0. The van der Waals surface area contributed by atoms with Crippen LogP contribution in [-0.4, -0.2) is 58.1 Å². The van der Waals surface area contributed by atoms with Crippen LogP contribution in [-0.2, 0) is 17.8 Å². The van der Waals surface area contributed by atoms with Gasteiger partial charge in [-0.15, -0.1) is 11.3 Å². The molecule has 1 unspecified atom stereocenters. The molecule has 3 aromatic rings. The van der Waals surface area contributed by atoms with Gasteiger partial charge in [-0.05, 0) is 56.8 Å². The molecule has 0 radical (unpaired) electrons. The van der Waals surface area contributed by atoms with Crippen LogP contribution < -0.4 is 10.2 Å². The molecule has 2 saturated heterocycles. The van der Waals surface area contributed by atoms with E-state index in [-0.39, 0.29) is 22.1 Å². The third-order valence-corrected chi connectivity index (χ3v) is 8.62. The van der Waals surface area contributed by atoms with Gasteiger partial charge in [0.1, 0.15) is 22.3 Å². The van der Waals surface area contributed by atoms with Crippen molar-refractivity contribution in [2.45, 2.75) is 51.7 Å². The first kappa shape index (κ1) is 24.5. The van der Waals surface area contributed by atoms with Crippen molar-refractivity contribution in [2.24, 2.45) is 11.3 Å². The van der Waals surface area contributed by atoms with Crippen molar-refractivity contribution < 1.29 is 18.0 Å². The molecule has 196 valence electrons. The van der Waals surface area contributed by atoms with Gasteiger partial charge in [-0.3, -0.25) is 9.69 Å². The zero-order valence-corrected chi connectivity index (χ0v) is 21.5. The Labute approximate surface area is 217 Å². The van der Waals surface area contributed by atoms with Crippen LogP contribution in [0.3, 0.4) is 0 Å². The third kappa shape index (κ3) is 5.43. The number of amides is 1. The number of aromatic nitrogens is 3. The number of fused-ring (bicyclic) bond motifs is 1. The van der Waals surface area contributed by atoms with Gasteiger partial charge < -0.3 is 10.2 Å². The fourth-order valence-electron chi connectivity index (χ4n) is 5.62. The van der Waals surface area contributed by atoms with Gasteiger partial charge in [-0.2, -0.15) is 13.2 Å². The number of anilines is 2. The fraction of sp³-hybridized carbons (Fsp3) is 0.538. The van der Waals surface area contributed by atoms with Crippen LogP contribution >= 0.6 is 11.3 Å². The smallest absolute Gasteiger partial charge is 0.355 e. The molecule has 1 amide bonds. The molecule has 5 heterocycles. The van der Waals surface area contributed by atoms with E-state index >= 15 is 0 Å². The Kier molecular flexibility index (Phi) is 6.10. The van der Waals surface area contributed by atoms with Crippen molar-refractivity contribution in [1.29, 1.82) is 0 Å². The average Bonchev–Trinajstić information content (AvgIpc) is 3.33. The maximum absolute atomic E-state index is 13.0. The number of pyridine rings is 1. The molecule has 2 aliphatic heterocycles. The first-order valence-electron chi connectivity index (χ1n) is 12.7. The van der Waals surface area contributed by atoms with Crippen molar-refractivity contribution in [1.82, 2.24) is 19.9 Å². The lowest BCUT2D eigenvalue weighted by atomic mass is 9.86. The predicted octanol–water partition coefficient (Wildman–Crippen LogP) is 4.95. The lowest BCUT2D eigenvalue weighted by Gasteiger charge is -2.25. The van der Waals surface area contributed by atoms with Crippen molar-refractivity contribution in [3.8, 4) is 0 Å². The van der Waals surface area contributed by atoms with Gasteiger partial charge in [-0.1, -0.05) is 6.07 Å². The third-order valence-electron chi connectivity index (χ3n) is 7.60. The van der Waals surface area contributed by atoms with Gasteiger partial charge in [0, 0.05) is 48.6 Å². The number of likely N-dealkylation sites (tertiary alicyclic amines) is 1. The van der Waals surface area contributed by atoms with E-state index in [1.165, 1.54) is 0 Å². The zero-order valence-electron chi connectivity index (χ0n) is 20.6. The number of nitrogens with zero attached hydrogens (tertiary/aromatic N) is 5. The van der Waals surface area contributed by atoms with Crippen LogP contribution in [0.1, 0.15) is 41.9 Å². The highest BCUT2D eigenvalue weighted by molar-refractivity contribution is 7.18. The van der Waals surface area contributed by atoms with Crippen LogP contribution in [0.5, 0.6) is 0 Å². The highest BCUT2D eigenvalue weighted by atomic mass is 32.1. The molecule has 1 N–H and O–H groups in total. The summed E-state index contributed by atoms with van der Waals surface area (Å²) < 4.78 is 38.9. The average molecular weight is 531 g/mol. The topological polar surface area (TPSA) is 74.2 Å². The van der Waals surface area contributed by atoms with Crippen LogP contribution in [0.25, 0.3) is 10.2 Å². The molecule has 6 rings (SSSR count).